The number of anilines is 2. The minimum absolute atomic E-state index is 0.228. The number of piperidine rings is 1. The van der Waals surface area contributed by atoms with Crippen LogP contribution in [0.1, 0.15) is 50.0 Å². The Morgan fingerprint density at radius 3 is 2.43 bits per heavy atom. The van der Waals surface area contributed by atoms with Gasteiger partial charge in [-0.25, -0.2) is 14.6 Å². The zero-order valence-electron chi connectivity index (χ0n) is 20.2. The van der Waals surface area contributed by atoms with Gasteiger partial charge in [-0.05, 0) is 56.9 Å². The number of methoxy groups -OCH3 is 1. The number of carbonyl (C=O) groups excluding carboxylic acids is 2. The summed E-state index contributed by atoms with van der Waals surface area (Å²) in [6.07, 6.45) is 2.08. The highest BCUT2D eigenvalue weighted by molar-refractivity contribution is 7.22. The molecule has 0 aliphatic carbocycles. The molecule has 1 aliphatic rings. The lowest BCUT2D eigenvalue weighted by molar-refractivity contribution is -0.116. The Bertz CT molecular complexity index is 1360. The molecule has 35 heavy (non-hydrogen) atoms. The van der Waals surface area contributed by atoms with Crippen molar-refractivity contribution in [3.8, 4) is 0 Å². The van der Waals surface area contributed by atoms with Crippen LogP contribution >= 0.6 is 11.3 Å². The molecule has 1 aromatic carbocycles. The number of nitrogens with zero attached hydrogens (tertiary/aromatic N) is 4. The van der Waals surface area contributed by atoms with Crippen LogP contribution in [-0.2, 0) is 16.1 Å². The standard InChI is InChI=1S/C24H29N5O5S/c1-14(2)29-21(31)19-20(26-23(35-19)27-11-9-15(3)10-12-27)28(24(29)33)13-18(30)25-17-7-5-16(6-8-17)22(32)34-4/h5-8,14-15H,9-13H2,1-4H3,(H,25,30). The molecule has 1 fully saturated rings. The van der Waals surface area contributed by atoms with Gasteiger partial charge < -0.3 is 15.0 Å². The van der Waals surface area contributed by atoms with E-state index in [1.165, 1.54) is 39.7 Å². The summed E-state index contributed by atoms with van der Waals surface area (Å²) in [4.78, 5) is 57.7. The number of esters is 1. The molecular weight excluding hydrogens is 470 g/mol. The van der Waals surface area contributed by atoms with E-state index < -0.39 is 17.6 Å². The van der Waals surface area contributed by atoms with Gasteiger partial charge in [0.05, 0.1) is 12.7 Å². The number of fused-ring (bicyclic) bond motifs is 1. The average molecular weight is 500 g/mol. The summed E-state index contributed by atoms with van der Waals surface area (Å²) in [6.45, 7) is 7.11. The number of hydrogen-bond donors (Lipinski definition) is 1. The number of amides is 1. The molecule has 186 valence electrons. The normalized spacial score (nSPS) is 14.5. The molecule has 0 radical (unpaired) electrons. The average Bonchev–Trinajstić information content (AvgIpc) is 3.28. The lowest BCUT2D eigenvalue weighted by Crippen LogP contribution is -2.42. The number of carbonyl (C=O) groups is 2. The molecule has 0 unspecified atom stereocenters. The molecule has 1 saturated heterocycles. The fourth-order valence-corrected chi connectivity index (χ4v) is 5.18. The lowest BCUT2D eigenvalue weighted by atomic mass is 10.00. The van der Waals surface area contributed by atoms with Crippen LogP contribution in [0.25, 0.3) is 10.3 Å². The van der Waals surface area contributed by atoms with Crippen LogP contribution in [0.2, 0.25) is 0 Å². The van der Waals surface area contributed by atoms with Gasteiger partial charge in [-0.1, -0.05) is 18.3 Å². The zero-order valence-corrected chi connectivity index (χ0v) is 21.1. The van der Waals surface area contributed by atoms with Gasteiger partial charge in [0.1, 0.15) is 11.2 Å². The molecule has 3 aromatic rings. The van der Waals surface area contributed by atoms with E-state index in [-0.39, 0.29) is 23.8 Å². The molecule has 3 heterocycles. The van der Waals surface area contributed by atoms with Gasteiger partial charge in [-0.2, -0.15) is 0 Å². The summed E-state index contributed by atoms with van der Waals surface area (Å²) in [5, 5.41) is 3.42. The number of ether oxygens (including phenoxy) is 1. The van der Waals surface area contributed by atoms with Crippen LogP contribution < -0.4 is 21.5 Å². The van der Waals surface area contributed by atoms with Crippen molar-refractivity contribution in [2.75, 3.05) is 30.4 Å². The van der Waals surface area contributed by atoms with E-state index in [9.17, 15) is 19.2 Å². The van der Waals surface area contributed by atoms with Crippen molar-refractivity contribution in [3.05, 3.63) is 50.7 Å². The summed E-state index contributed by atoms with van der Waals surface area (Å²) in [5.74, 6) is -0.285. The molecule has 1 N–H and O–H groups in total. The van der Waals surface area contributed by atoms with Crippen LogP contribution in [0.5, 0.6) is 0 Å². The van der Waals surface area contributed by atoms with E-state index in [2.05, 4.69) is 26.9 Å². The molecule has 1 aliphatic heterocycles. The van der Waals surface area contributed by atoms with E-state index >= 15 is 0 Å². The second kappa shape index (κ2) is 10.0. The molecule has 0 saturated carbocycles. The maximum absolute atomic E-state index is 13.3. The van der Waals surface area contributed by atoms with Crippen LogP contribution in [0.3, 0.4) is 0 Å². The number of benzene rings is 1. The molecule has 4 rings (SSSR count). The second-order valence-corrected chi connectivity index (χ2v) is 10.1. The summed E-state index contributed by atoms with van der Waals surface area (Å²) in [5.41, 5.74) is 0.0915. The Labute approximate surface area is 206 Å². The maximum atomic E-state index is 13.3. The Hall–Kier alpha value is -3.47. The summed E-state index contributed by atoms with van der Waals surface area (Å²) < 4.78 is 7.48. The predicted molar refractivity (Wildman–Crippen MR) is 136 cm³/mol. The van der Waals surface area contributed by atoms with E-state index in [0.29, 0.717) is 27.0 Å². The monoisotopic (exact) mass is 499 g/mol. The van der Waals surface area contributed by atoms with Crippen LogP contribution in [0.15, 0.2) is 33.9 Å². The van der Waals surface area contributed by atoms with E-state index in [1.54, 1.807) is 26.0 Å². The summed E-state index contributed by atoms with van der Waals surface area (Å²) >= 11 is 1.27. The Morgan fingerprint density at radius 1 is 1.17 bits per heavy atom. The maximum Gasteiger partial charge on any atom is 0.337 e. The van der Waals surface area contributed by atoms with E-state index in [4.69, 9.17) is 0 Å². The van der Waals surface area contributed by atoms with Crippen molar-refractivity contribution in [1.29, 1.82) is 0 Å². The van der Waals surface area contributed by atoms with Crippen molar-refractivity contribution < 1.29 is 14.3 Å². The van der Waals surface area contributed by atoms with Gasteiger partial charge >= 0.3 is 11.7 Å². The first-order valence-electron chi connectivity index (χ1n) is 11.6. The molecule has 2 aromatic heterocycles. The highest BCUT2D eigenvalue weighted by atomic mass is 32.1. The van der Waals surface area contributed by atoms with Crippen molar-refractivity contribution in [2.45, 2.75) is 46.2 Å². The first-order chi connectivity index (χ1) is 16.7. The fraction of sp³-hybridized carbons (Fsp3) is 0.458. The number of thiazole rings is 1. The Kier molecular flexibility index (Phi) is 7.06. The SMILES string of the molecule is COC(=O)c1ccc(NC(=O)Cn2c(=O)n(C(C)C)c(=O)c3sc(N4CCC(C)CC4)nc32)cc1. The highest BCUT2D eigenvalue weighted by Gasteiger charge is 2.24. The Morgan fingerprint density at radius 2 is 1.83 bits per heavy atom. The third-order valence-electron chi connectivity index (χ3n) is 6.17. The first kappa shape index (κ1) is 24.6. The third-order valence-corrected chi connectivity index (χ3v) is 7.26. The van der Waals surface area contributed by atoms with Gasteiger partial charge in [0, 0.05) is 24.8 Å². The number of rotatable bonds is 6. The van der Waals surface area contributed by atoms with Crippen molar-refractivity contribution in [3.63, 3.8) is 0 Å². The number of nitrogens with one attached hydrogen (secondary N) is 1. The molecule has 0 atom stereocenters. The van der Waals surface area contributed by atoms with Gasteiger partial charge in [0.25, 0.3) is 5.56 Å². The molecule has 0 bridgehead atoms. The van der Waals surface area contributed by atoms with Crippen LogP contribution in [-0.4, -0.2) is 46.2 Å². The summed E-state index contributed by atoms with van der Waals surface area (Å²) in [6, 6.07) is 5.86. The highest BCUT2D eigenvalue weighted by Crippen LogP contribution is 2.29. The minimum atomic E-state index is -0.571. The molecule has 1 amide bonds. The van der Waals surface area contributed by atoms with Gasteiger partial charge in [0.2, 0.25) is 5.91 Å². The van der Waals surface area contributed by atoms with Crippen LogP contribution in [0.4, 0.5) is 10.8 Å². The lowest BCUT2D eigenvalue weighted by Gasteiger charge is -2.29. The molecular formula is C24H29N5O5S. The predicted octanol–water partition coefficient (Wildman–Crippen LogP) is 2.86. The number of aromatic nitrogens is 3. The van der Waals surface area contributed by atoms with Gasteiger partial charge in [-0.15, -0.1) is 0 Å². The smallest absolute Gasteiger partial charge is 0.337 e. The van der Waals surface area contributed by atoms with E-state index in [1.807, 2.05) is 0 Å². The zero-order chi connectivity index (χ0) is 25.3. The summed E-state index contributed by atoms with van der Waals surface area (Å²) in [7, 11) is 1.29. The molecule has 11 heteroatoms. The third kappa shape index (κ3) is 5.00. The van der Waals surface area contributed by atoms with E-state index in [0.717, 1.165) is 25.9 Å². The Balaban J connectivity index is 1.67. The van der Waals surface area contributed by atoms with Crippen LogP contribution in [0, 0.1) is 5.92 Å². The van der Waals surface area contributed by atoms with Crippen molar-refractivity contribution in [1.82, 2.24) is 14.1 Å². The largest absolute Gasteiger partial charge is 0.465 e. The number of hydrogen-bond acceptors (Lipinski definition) is 8. The van der Waals surface area contributed by atoms with Gasteiger partial charge in [0.15, 0.2) is 10.8 Å². The topological polar surface area (TPSA) is 116 Å². The van der Waals surface area contributed by atoms with Gasteiger partial charge in [-0.3, -0.25) is 18.7 Å². The fourth-order valence-electron chi connectivity index (χ4n) is 4.12. The van der Waals surface area contributed by atoms with Crippen molar-refractivity contribution >= 4 is 44.4 Å². The van der Waals surface area contributed by atoms with Crippen molar-refractivity contribution in [2.24, 2.45) is 5.92 Å². The second-order valence-electron chi connectivity index (χ2n) is 9.07. The quantitative estimate of drug-likeness (QED) is 0.519. The minimum Gasteiger partial charge on any atom is -0.465 e. The molecule has 0 spiro atoms. The molecule has 10 nitrogen and oxygen atoms in total. The first-order valence-corrected chi connectivity index (χ1v) is 12.4.